The van der Waals surface area contributed by atoms with Crippen LogP contribution in [-0.2, 0) is 0 Å². The zero-order valence-electron chi connectivity index (χ0n) is 12.1. The van der Waals surface area contributed by atoms with Gasteiger partial charge in [-0.3, -0.25) is 0 Å². The lowest BCUT2D eigenvalue weighted by molar-refractivity contribution is 0.150. The van der Waals surface area contributed by atoms with E-state index in [-0.39, 0.29) is 12.1 Å². The van der Waals surface area contributed by atoms with Crippen LogP contribution < -0.4 is 10.2 Å². The molecule has 1 aliphatic heterocycles. The first-order chi connectivity index (χ1) is 9.17. The van der Waals surface area contributed by atoms with Crippen LogP contribution >= 0.6 is 0 Å². The van der Waals surface area contributed by atoms with Gasteiger partial charge in [0.1, 0.15) is 0 Å². The standard InChI is InChI=1S/C16H26N2O/c1-3-16(2,13-19)17-14-9-11-18(12-10-14)15-7-5-4-6-8-15/h4-8,14,17,19H,3,9-13H2,1-2H3. The number of hydrogen-bond donors (Lipinski definition) is 2. The molecule has 1 fully saturated rings. The summed E-state index contributed by atoms with van der Waals surface area (Å²) in [4.78, 5) is 2.44. The van der Waals surface area contributed by atoms with Gasteiger partial charge in [0.25, 0.3) is 0 Å². The largest absolute Gasteiger partial charge is 0.394 e. The fourth-order valence-electron chi connectivity index (χ4n) is 2.67. The minimum Gasteiger partial charge on any atom is -0.394 e. The van der Waals surface area contributed by atoms with Crippen molar-refractivity contribution in [3.05, 3.63) is 30.3 Å². The van der Waals surface area contributed by atoms with Crippen LogP contribution in [-0.4, -0.2) is 36.4 Å². The zero-order valence-corrected chi connectivity index (χ0v) is 12.1. The van der Waals surface area contributed by atoms with Crippen molar-refractivity contribution < 1.29 is 5.11 Å². The number of hydrogen-bond acceptors (Lipinski definition) is 3. The van der Waals surface area contributed by atoms with Crippen LogP contribution in [0.5, 0.6) is 0 Å². The van der Waals surface area contributed by atoms with Gasteiger partial charge in [-0.1, -0.05) is 25.1 Å². The lowest BCUT2D eigenvalue weighted by Crippen LogP contribution is -2.53. The van der Waals surface area contributed by atoms with Crippen molar-refractivity contribution in [2.24, 2.45) is 0 Å². The Morgan fingerprint density at radius 1 is 1.26 bits per heavy atom. The predicted molar refractivity (Wildman–Crippen MR) is 80.6 cm³/mol. The van der Waals surface area contributed by atoms with Crippen LogP contribution in [0.25, 0.3) is 0 Å². The summed E-state index contributed by atoms with van der Waals surface area (Å²) >= 11 is 0. The van der Waals surface area contributed by atoms with Crippen LogP contribution in [0.4, 0.5) is 5.69 Å². The third-order valence-corrected chi connectivity index (χ3v) is 4.30. The van der Waals surface area contributed by atoms with Gasteiger partial charge in [-0.05, 0) is 38.3 Å². The first-order valence-corrected chi connectivity index (χ1v) is 7.35. The minimum atomic E-state index is -0.125. The summed E-state index contributed by atoms with van der Waals surface area (Å²) in [5, 5.41) is 13.1. The van der Waals surface area contributed by atoms with Crippen molar-refractivity contribution in [2.45, 2.75) is 44.7 Å². The van der Waals surface area contributed by atoms with Crippen LogP contribution in [0.3, 0.4) is 0 Å². The SMILES string of the molecule is CCC(C)(CO)NC1CCN(c2ccccc2)CC1. The highest BCUT2D eigenvalue weighted by molar-refractivity contribution is 5.46. The lowest BCUT2D eigenvalue weighted by Gasteiger charge is -2.39. The fraction of sp³-hybridized carbons (Fsp3) is 0.625. The van der Waals surface area contributed by atoms with Crippen molar-refractivity contribution >= 4 is 5.69 Å². The summed E-state index contributed by atoms with van der Waals surface area (Å²) in [6.07, 6.45) is 3.25. The van der Waals surface area contributed by atoms with Gasteiger partial charge in [0, 0.05) is 30.4 Å². The summed E-state index contributed by atoms with van der Waals surface area (Å²) in [6.45, 7) is 6.63. The molecule has 106 valence electrons. The van der Waals surface area contributed by atoms with E-state index in [4.69, 9.17) is 0 Å². The van der Waals surface area contributed by atoms with Gasteiger partial charge < -0.3 is 15.3 Å². The number of piperidine rings is 1. The maximum atomic E-state index is 9.47. The van der Waals surface area contributed by atoms with Gasteiger partial charge in [0.05, 0.1) is 6.61 Å². The first-order valence-electron chi connectivity index (χ1n) is 7.35. The van der Waals surface area contributed by atoms with Crippen LogP contribution in [0.15, 0.2) is 30.3 Å². The Morgan fingerprint density at radius 3 is 2.42 bits per heavy atom. The lowest BCUT2D eigenvalue weighted by atomic mass is 9.95. The summed E-state index contributed by atoms with van der Waals surface area (Å²) in [6, 6.07) is 11.1. The van der Waals surface area contributed by atoms with E-state index in [0.29, 0.717) is 6.04 Å². The minimum absolute atomic E-state index is 0.125. The Balaban J connectivity index is 1.86. The quantitative estimate of drug-likeness (QED) is 0.855. The molecule has 0 spiro atoms. The molecule has 2 rings (SSSR count). The van der Waals surface area contributed by atoms with Crippen LogP contribution in [0.1, 0.15) is 33.1 Å². The number of aliphatic hydroxyl groups excluding tert-OH is 1. The number of benzene rings is 1. The third kappa shape index (κ3) is 3.71. The van der Waals surface area contributed by atoms with E-state index >= 15 is 0 Å². The molecule has 0 amide bonds. The van der Waals surface area contributed by atoms with Crippen molar-refractivity contribution in [3.63, 3.8) is 0 Å². The van der Waals surface area contributed by atoms with Crippen LogP contribution in [0.2, 0.25) is 0 Å². The van der Waals surface area contributed by atoms with Gasteiger partial charge in [0.2, 0.25) is 0 Å². The van der Waals surface area contributed by atoms with Gasteiger partial charge in [-0.25, -0.2) is 0 Å². The van der Waals surface area contributed by atoms with E-state index in [1.165, 1.54) is 5.69 Å². The summed E-state index contributed by atoms with van der Waals surface area (Å²) < 4.78 is 0. The third-order valence-electron chi connectivity index (χ3n) is 4.30. The highest BCUT2D eigenvalue weighted by Gasteiger charge is 2.27. The molecule has 1 aromatic rings. The highest BCUT2D eigenvalue weighted by atomic mass is 16.3. The number of nitrogens with one attached hydrogen (secondary N) is 1. The van der Waals surface area contributed by atoms with E-state index < -0.39 is 0 Å². The predicted octanol–water partition coefficient (Wildman–Crippen LogP) is 2.41. The molecule has 1 aliphatic rings. The molecule has 0 aromatic heterocycles. The van der Waals surface area contributed by atoms with Gasteiger partial charge in [-0.15, -0.1) is 0 Å². The first kappa shape index (κ1) is 14.4. The number of aliphatic hydroxyl groups is 1. The molecule has 1 atom stereocenters. The Bertz CT molecular complexity index is 368. The average Bonchev–Trinajstić information content (AvgIpc) is 2.49. The number of para-hydroxylation sites is 1. The molecule has 0 saturated carbocycles. The second-order valence-electron chi connectivity index (χ2n) is 5.81. The van der Waals surface area contributed by atoms with Crippen molar-refractivity contribution in [1.82, 2.24) is 5.32 Å². The number of anilines is 1. The van der Waals surface area contributed by atoms with Crippen molar-refractivity contribution in [1.29, 1.82) is 0 Å². The summed E-state index contributed by atoms with van der Waals surface area (Å²) in [5.74, 6) is 0. The van der Waals surface area contributed by atoms with E-state index in [1.54, 1.807) is 0 Å². The van der Waals surface area contributed by atoms with Crippen molar-refractivity contribution in [3.8, 4) is 0 Å². The second-order valence-corrected chi connectivity index (χ2v) is 5.81. The fourth-order valence-corrected chi connectivity index (χ4v) is 2.67. The number of rotatable bonds is 5. The highest BCUT2D eigenvalue weighted by Crippen LogP contribution is 2.21. The van der Waals surface area contributed by atoms with Gasteiger partial charge >= 0.3 is 0 Å². The molecule has 2 N–H and O–H groups in total. The molecule has 1 unspecified atom stereocenters. The van der Waals surface area contributed by atoms with E-state index in [0.717, 1.165) is 32.4 Å². The summed E-state index contributed by atoms with van der Waals surface area (Å²) in [5.41, 5.74) is 1.20. The molecule has 1 aromatic carbocycles. The molecule has 3 heteroatoms. The Hall–Kier alpha value is -1.06. The average molecular weight is 262 g/mol. The Kier molecular flexibility index (Phi) is 4.83. The molecule has 0 bridgehead atoms. The molecule has 1 heterocycles. The van der Waals surface area contributed by atoms with E-state index in [2.05, 4.69) is 54.4 Å². The monoisotopic (exact) mass is 262 g/mol. The molecule has 3 nitrogen and oxygen atoms in total. The Morgan fingerprint density at radius 2 is 1.89 bits per heavy atom. The molecule has 19 heavy (non-hydrogen) atoms. The van der Waals surface area contributed by atoms with E-state index in [9.17, 15) is 5.11 Å². The van der Waals surface area contributed by atoms with E-state index in [1.807, 2.05) is 0 Å². The molecule has 0 aliphatic carbocycles. The molecule has 0 radical (unpaired) electrons. The smallest absolute Gasteiger partial charge is 0.0610 e. The zero-order chi connectivity index (χ0) is 13.7. The Labute approximate surface area is 116 Å². The van der Waals surface area contributed by atoms with Crippen molar-refractivity contribution in [2.75, 3.05) is 24.6 Å². The maximum absolute atomic E-state index is 9.47. The topological polar surface area (TPSA) is 35.5 Å². The van der Waals surface area contributed by atoms with Crippen LogP contribution in [0, 0.1) is 0 Å². The summed E-state index contributed by atoms with van der Waals surface area (Å²) in [7, 11) is 0. The molecule has 1 saturated heterocycles. The maximum Gasteiger partial charge on any atom is 0.0610 e. The number of nitrogens with zero attached hydrogens (tertiary/aromatic N) is 1. The molecular weight excluding hydrogens is 236 g/mol. The molecular formula is C16H26N2O. The second kappa shape index (κ2) is 6.40. The normalized spacial score (nSPS) is 20.3. The van der Waals surface area contributed by atoms with Gasteiger partial charge in [-0.2, -0.15) is 0 Å². The van der Waals surface area contributed by atoms with Gasteiger partial charge in [0.15, 0.2) is 0 Å².